The third-order valence-corrected chi connectivity index (χ3v) is 3.18. The summed E-state index contributed by atoms with van der Waals surface area (Å²) in [4.78, 5) is 16.4. The van der Waals surface area contributed by atoms with Gasteiger partial charge in [-0.25, -0.2) is 4.98 Å². The Balaban J connectivity index is 1.76. The Bertz CT molecular complexity index is 593. The number of benzene rings is 1. The highest BCUT2D eigenvalue weighted by Crippen LogP contribution is 2.05. The third-order valence-electron chi connectivity index (χ3n) is 3.03. The highest BCUT2D eigenvalue weighted by atomic mass is 32.1. The van der Waals surface area contributed by atoms with Crippen molar-refractivity contribution in [3.63, 3.8) is 0 Å². The van der Waals surface area contributed by atoms with Gasteiger partial charge in [0.25, 0.3) is 5.91 Å². The minimum atomic E-state index is -0.0671. The topological polar surface area (TPSA) is 72.9 Å². The van der Waals surface area contributed by atoms with Crippen molar-refractivity contribution in [3.05, 3.63) is 54.1 Å². The molecule has 0 fully saturated rings. The molecule has 0 aliphatic heterocycles. The molecule has 0 radical (unpaired) electrons. The third kappa shape index (κ3) is 5.00. The number of aromatic nitrogens is 2. The lowest BCUT2D eigenvalue weighted by Gasteiger charge is -2.06. The quantitative estimate of drug-likeness (QED) is 0.601. The number of aryl methyl sites for hydroxylation is 1. The Morgan fingerprint density at radius 3 is 2.71 bits per heavy atom. The summed E-state index contributed by atoms with van der Waals surface area (Å²) < 4.78 is 1.98. The smallest absolute Gasteiger partial charge is 0.251 e. The predicted molar refractivity (Wildman–Crippen MR) is 86.1 cm³/mol. The van der Waals surface area contributed by atoms with Crippen LogP contribution in [0.1, 0.15) is 22.3 Å². The van der Waals surface area contributed by atoms with E-state index in [9.17, 15) is 4.79 Å². The molecule has 2 rings (SSSR count). The normalized spacial score (nSPS) is 10.3. The molecule has 3 N–H and O–H groups in total. The Morgan fingerprint density at radius 1 is 1.33 bits per heavy atom. The molecule has 6 heteroatoms. The van der Waals surface area contributed by atoms with Crippen LogP contribution in [0.4, 0.5) is 0 Å². The van der Waals surface area contributed by atoms with E-state index in [4.69, 9.17) is 18.0 Å². The number of nitrogens with two attached hydrogens (primary N) is 1. The molecule has 1 heterocycles. The second kappa shape index (κ2) is 7.54. The van der Waals surface area contributed by atoms with Gasteiger partial charge in [-0.1, -0.05) is 24.4 Å². The molecule has 1 aromatic heterocycles. The van der Waals surface area contributed by atoms with Gasteiger partial charge in [0.2, 0.25) is 0 Å². The molecule has 1 aromatic carbocycles. The number of imidazole rings is 1. The molecule has 0 saturated carbocycles. The predicted octanol–water partition coefficient (Wildman–Crippen LogP) is 1.53. The molecular weight excluding hydrogens is 284 g/mol. The zero-order valence-electron chi connectivity index (χ0n) is 11.7. The van der Waals surface area contributed by atoms with E-state index in [1.54, 1.807) is 24.7 Å². The van der Waals surface area contributed by atoms with Crippen LogP contribution in [0.15, 0.2) is 43.0 Å². The van der Waals surface area contributed by atoms with E-state index in [1.807, 2.05) is 22.9 Å². The number of hydrogen-bond acceptors (Lipinski definition) is 3. The van der Waals surface area contributed by atoms with E-state index in [-0.39, 0.29) is 5.91 Å². The van der Waals surface area contributed by atoms with Crippen LogP contribution in [0, 0.1) is 0 Å². The first kappa shape index (κ1) is 15.2. The van der Waals surface area contributed by atoms with Crippen LogP contribution in [0.5, 0.6) is 0 Å². The maximum absolute atomic E-state index is 12.0. The summed E-state index contributed by atoms with van der Waals surface area (Å²) >= 11 is 4.86. The van der Waals surface area contributed by atoms with Gasteiger partial charge < -0.3 is 15.6 Å². The number of amides is 1. The van der Waals surface area contributed by atoms with E-state index < -0.39 is 0 Å². The van der Waals surface area contributed by atoms with Crippen molar-refractivity contribution in [2.75, 3.05) is 6.54 Å². The average molecular weight is 302 g/mol. The maximum atomic E-state index is 12.0. The van der Waals surface area contributed by atoms with Gasteiger partial charge in [-0.3, -0.25) is 4.79 Å². The van der Waals surface area contributed by atoms with Crippen LogP contribution >= 0.6 is 12.2 Å². The van der Waals surface area contributed by atoms with Crippen LogP contribution in [0.2, 0.25) is 0 Å². The first-order chi connectivity index (χ1) is 10.1. The monoisotopic (exact) mass is 302 g/mol. The van der Waals surface area contributed by atoms with Crippen LogP contribution in [0.3, 0.4) is 0 Å². The molecule has 0 unspecified atom stereocenters. The number of rotatable bonds is 7. The summed E-state index contributed by atoms with van der Waals surface area (Å²) in [6.07, 6.45) is 6.84. The molecule has 2 aromatic rings. The van der Waals surface area contributed by atoms with Crippen molar-refractivity contribution in [1.82, 2.24) is 14.9 Å². The van der Waals surface area contributed by atoms with E-state index in [2.05, 4.69) is 10.3 Å². The van der Waals surface area contributed by atoms with Crippen molar-refractivity contribution in [1.29, 1.82) is 0 Å². The van der Waals surface area contributed by atoms with Crippen molar-refractivity contribution < 1.29 is 4.79 Å². The average Bonchev–Trinajstić information content (AvgIpc) is 2.97. The highest BCUT2D eigenvalue weighted by molar-refractivity contribution is 7.80. The molecule has 0 bridgehead atoms. The molecule has 1 amide bonds. The lowest BCUT2D eigenvalue weighted by molar-refractivity contribution is 0.0952. The molecule has 0 saturated heterocycles. The van der Waals surface area contributed by atoms with Crippen LogP contribution in [-0.4, -0.2) is 27.0 Å². The zero-order valence-corrected chi connectivity index (χ0v) is 12.5. The summed E-state index contributed by atoms with van der Waals surface area (Å²) in [6.45, 7) is 1.47. The van der Waals surface area contributed by atoms with Gasteiger partial charge in [0.05, 0.1) is 11.3 Å². The fraction of sp³-hybridized carbons (Fsp3) is 0.267. The van der Waals surface area contributed by atoms with Crippen LogP contribution in [0.25, 0.3) is 0 Å². The molecule has 21 heavy (non-hydrogen) atoms. The summed E-state index contributed by atoms with van der Waals surface area (Å²) in [6, 6.07) is 7.33. The second-order valence-corrected chi connectivity index (χ2v) is 5.27. The molecule has 0 spiro atoms. The molecule has 110 valence electrons. The molecule has 0 atom stereocenters. The number of nitrogens with zero attached hydrogens (tertiary/aromatic N) is 2. The van der Waals surface area contributed by atoms with Gasteiger partial charge in [-0.05, 0) is 24.1 Å². The number of carbonyl (C=O) groups excluding carboxylic acids is 1. The molecule has 0 aliphatic rings. The van der Waals surface area contributed by atoms with Crippen molar-refractivity contribution in [2.45, 2.75) is 19.4 Å². The van der Waals surface area contributed by atoms with E-state index in [0.29, 0.717) is 23.5 Å². The van der Waals surface area contributed by atoms with Gasteiger partial charge in [0, 0.05) is 37.5 Å². The highest BCUT2D eigenvalue weighted by Gasteiger charge is 2.05. The number of hydrogen-bond donors (Lipinski definition) is 2. The van der Waals surface area contributed by atoms with Gasteiger partial charge in [-0.2, -0.15) is 0 Å². The Morgan fingerprint density at radius 2 is 2.10 bits per heavy atom. The largest absolute Gasteiger partial charge is 0.393 e. The standard InChI is InChI=1S/C15H18N4OS/c16-14(21)10-12-2-4-13(5-3-12)15(20)18-6-1-8-19-9-7-17-11-19/h2-5,7,9,11H,1,6,8,10H2,(H2,16,21)(H,18,20). The number of thiocarbonyl (C=S) groups is 1. The summed E-state index contributed by atoms with van der Waals surface area (Å²) in [5, 5.41) is 2.90. The van der Waals surface area contributed by atoms with Crippen molar-refractivity contribution >= 4 is 23.1 Å². The lowest BCUT2D eigenvalue weighted by atomic mass is 10.1. The SMILES string of the molecule is NC(=S)Cc1ccc(C(=O)NCCCn2ccnc2)cc1. The molecule has 0 aliphatic carbocycles. The van der Waals surface area contributed by atoms with Gasteiger partial charge in [0.15, 0.2) is 0 Å². The molecule has 5 nitrogen and oxygen atoms in total. The first-order valence-corrected chi connectivity index (χ1v) is 7.17. The maximum Gasteiger partial charge on any atom is 0.251 e. The van der Waals surface area contributed by atoms with Gasteiger partial charge in [0.1, 0.15) is 0 Å². The fourth-order valence-corrected chi connectivity index (χ4v) is 2.13. The van der Waals surface area contributed by atoms with E-state index in [0.717, 1.165) is 18.5 Å². The summed E-state index contributed by atoms with van der Waals surface area (Å²) in [5.74, 6) is -0.0671. The first-order valence-electron chi connectivity index (χ1n) is 6.76. The molecular formula is C15H18N4OS. The Hall–Kier alpha value is -2.21. The Kier molecular flexibility index (Phi) is 5.45. The Labute approximate surface area is 129 Å². The summed E-state index contributed by atoms with van der Waals surface area (Å²) in [5.41, 5.74) is 7.15. The minimum Gasteiger partial charge on any atom is -0.393 e. The van der Waals surface area contributed by atoms with Gasteiger partial charge in [-0.15, -0.1) is 0 Å². The van der Waals surface area contributed by atoms with Crippen molar-refractivity contribution in [2.24, 2.45) is 5.73 Å². The fourth-order valence-electron chi connectivity index (χ4n) is 1.96. The van der Waals surface area contributed by atoms with Crippen LogP contribution in [-0.2, 0) is 13.0 Å². The van der Waals surface area contributed by atoms with E-state index >= 15 is 0 Å². The second-order valence-electron chi connectivity index (χ2n) is 4.75. The van der Waals surface area contributed by atoms with Crippen LogP contribution < -0.4 is 11.1 Å². The zero-order chi connectivity index (χ0) is 15.1. The number of nitrogens with one attached hydrogen (secondary N) is 1. The number of carbonyl (C=O) groups is 1. The lowest BCUT2D eigenvalue weighted by Crippen LogP contribution is -2.25. The summed E-state index contributed by atoms with van der Waals surface area (Å²) in [7, 11) is 0. The minimum absolute atomic E-state index is 0.0671. The van der Waals surface area contributed by atoms with Crippen molar-refractivity contribution in [3.8, 4) is 0 Å². The van der Waals surface area contributed by atoms with Gasteiger partial charge >= 0.3 is 0 Å². The van der Waals surface area contributed by atoms with E-state index in [1.165, 1.54) is 0 Å².